The number of likely N-dealkylation sites (tertiary alicyclic amines) is 1. The van der Waals surface area contributed by atoms with E-state index < -0.39 is 10.0 Å². The average molecular weight is 546 g/mol. The summed E-state index contributed by atoms with van der Waals surface area (Å²) in [5, 5.41) is 6.20. The van der Waals surface area contributed by atoms with Crippen molar-refractivity contribution < 1.29 is 12.8 Å². The summed E-state index contributed by atoms with van der Waals surface area (Å²) in [4.78, 5) is 15.7. The first-order valence-corrected chi connectivity index (χ1v) is 14.2. The summed E-state index contributed by atoms with van der Waals surface area (Å²) >= 11 is 0. The third-order valence-electron chi connectivity index (χ3n) is 7.28. The molecule has 2 aliphatic rings. The molecule has 0 amide bonds. The molecule has 1 aliphatic heterocycles. The first kappa shape index (κ1) is 25.4. The predicted octanol–water partition coefficient (Wildman–Crippen LogP) is 4.69. The van der Waals surface area contributed by atoms with Crippen LogP contribution in [-0.2, 0) is 10.0 Å². The topological polar surface area (TPSA) is 103 Å². The van der Waals surface area contributed by atoms with E-state index in [4.69, 9.17) is 0 Å². The molecule has 1 fully saturated rings. The van der Waals surface area contributed by atoms with E-state index in [2.05, 4.69) is 36.6 Å². The number of rotatable bonds is 8. The number of benzene rings is 2. The standard InChI is InChI=1S/C28H28FN7O2S/c1-35(22-13-17-36(18-14-22)27-24-3-2-15-30-26(24)27)39(37,38)23-10-8-21(9-11-23)33-28-31-16-12-25(34-28)32-20-6-4-19(29)5-7-20/h2-12,15-16,22,27H,13-14,17-18H2,1H3,(H2,31,32,33,34). The molecule has 0 radical (unpaired) electrons. The normalized spacial score (nSPS) is 17.6. The minimum Gasteiger partial charge on any atom is -0.340 e. The SMILES string of the molecule is CN(C1CCN(C2c3cccnc32)CC1)S(=O)(=O)c1ccc(Nc2nccc(Nc3ccc(F)cc3)n2)cc1. The zero-order valence-electron chi connectivity index (χ0n) is 21.3. The molecule has 11 heteroatoms. The van der Waals surface area contributed by atoms with E-state index in [1.807, 2.05) is 12.3 Å². The third kappa shape index (κ3) is 5.33. The number of sulfonamides is 1. The fourth-order valence-electron chi connectivity index (χ4n) is 5.06. The van der Waals surface area contributed by atoms with Crippen molar-refractivity contribution >= 4 is 33.2 Å². The Hall–Kier alpha value is -3.93. The number of fused-ring (bicyclic) bond motifs is 1. The van der Waals surface area contributed by atoms with Gasteiger partial charge in [-0.3, -0.25) is 9.88 Å². The van der Waals surface area contributed by atoms with Crippen LogP contribution in [0.1, 0.15) is 30.1 Å². The van der Waals surface area contributed by atoms with Gasteiger partial charge >= 0.3 is 0 Å². The molecule has 200 valence electrons. The number of halogens is 1. The third-order valence-corrected chi connectivity index (χ3v) is 9.20. The Morgan fingerprint density at radius 1 is 0.897 bits per heavy atom. The van der Waals surface area contributed by atoms with Crippen LogP contribution in [0.4, 0.5) is 27.5 Å². The van der Waals surface area contributed by atoms with Gasteiger partial charge in [0.25, 0.3) is 0 Å². The quantitative estimate of drug-likeness (QED) is 0.329. The number of hydrogen-bond donors (Lipinski definition) is 2. The molecular formula is C28H28FN7O2S. The van der Waals surface area contributed by atoms with Crippen molar-refractivity contribution in [2.24, 2.45) is 0 Å². The highest BCUT2D eigenvalue weighted by atomic mass is 32.2. The molecular weight excluding hydrogens is 517 g/mol. The maximum Gasteiger partial charge on any atom is 0.243 e. The van der Waals surface area contributed by atoms with Crippen molar-refractivity contribution in [2.45, 2.75) is 29.8 Å². The van der Waals surface area contributed by atoms with Crippen LogP contribution in [0.2, 0.25) is 0 Å². The zero-order valence-corrected chi connectivity index (χ0v) is 22.1. The van der Waals surface area contributed by atoms with Gasteiger partial charge in [-0.05, 0) is 79.1 Å². The molecule has 6 rings (SSSR count). The van der Waals surface area contributed by atoms with Crippen molar-refractivity contribution in [3.63, 3.8) is 0 Å². The van der Waals surface area contributed by atoms with Gasteiger partial charge in [0.2, 0.25) is 16.0 Å². The summed E-state index contributed by atoms with van der Waals surface area (Å²) in [6.07, 6.45) is 4.97. The van der Waals surface area contributed by atoms with Crippen LogP contribution >= 0.6 is 0 Å². The van der Waals surface area contributed by atoms with Crippen molar-refractivity contribution in [3.05, 3.63) is 96.2 Å². The highest BCUT2D eigenvalue weighted by molar-refractivity contribution is 7.89. The van der Waals surface area contributed by atoms with Crippen LogP contribution in [-0.4, -0.2) is 58.8 Å². The molecule has 3 heterocycles. The minimum atomic E-state index is -3.64. The second-order valence-electron chi connectivity index (χ2n) is 9.72. The number of nitrogens with zero attached hydrogens (tertiary/aromatic N) is 5. The van der Waals surface area contributed by atoms with Crippen LogP contribution in [0.25, 0.3) is 0 Å². The highest BCUT2D eigenvalue weighted by Crippen LogP contribution is 2.45. The summed E-state index contributed by atoms with van der Waals surface area (Å²) in [5.41, 5.74) is 3.78. The summed E-state index contributed by atoms with van der Waals surface area (Å²) in [5.74, 6) is 0.563. The van der Waals surface area contributed by atoms with Crippen molar-refractivity contribution in [2.75, 3.05) is 30.8 Å². The van der Waals surface area contributed by atoms with Gasteiger partial charge in [0.15, 0.2) is 0 Å². The lowest BCUT2D eigenvalue weighted by atomic mass is 10.1. The molecule has 1 atom stereocenters. The smallest absolute Gasteiger partial charge is 0.243 e. The number of pyridine rings is 1. The lowest BCUT2D eigenvalue weighted by molar-refractivity contribution is 0.157. The van der Waals surface area contributed by atoms with Gasteiger partial charge in [-0.15, -0.1) is 0 Å². The van der Waals surface area contributed by atoms with Crippen LogP contribution in [0.5, 0.6) is 0 Å². The maximum absolute atomic E-state index is 13.4. The van der Waals surface area contributed by atoms with Gasteiger partial charge in [-0.2, -0.15) is 9.29 Å². The second-order valence-corrected chi connectivity index (χ2v) is 11.7. The van der Waals surface area contributed by atoms with Gasteiger partial charge in [-0.1, -0.05) is 6.07 Å². The summed E-state index contributed by atoms with van der Waals surface area (Å²) in [6, 6.07) is 18.6. The Bertz CT molecular complexity index is 1550. The molecule has 2 aromatic carbocycles. The monoisotopic (exact) mass is 545 g/mol. The largest absolute Gasteiger partial charge is 0.340 e. The van der Waals surface area contributed by atoms with E-state index in [9.17, 15) is 12.8 Å². The molecule has 39 heavy (non-hydrogen) atoms. The number of hydrogen-bond acceptors (Lipinski definition) is 8. The molecule has 2 N–H and O–H groups in total. The molecule has 0 saturated carbocycles. The predicted molar refractivity (Wildman–Crippen MR) is 147 cm³/mol. The summed E-state index contributed by atoms with van der Waals surface area (Å²) < 4.78 is 41.4. The molecule has 9 nitrogen and oxygen atoms in total. The Labute approximate surface area is 226 Å². The van der Waals surface area contributed by atoms with Crippen LogP contribution in [0, 0.1) is 5.82 Å². The Morgan fingerprint density at radius 2 is 1.59 bits per heavy atom. The van der Waals surface area contributed by atoms with Gasteiger partial charge in [0.05, 0.1) is 16.6 Å². The molecule has 1 aliphatic carbocycles. The number of piperidine rings is 1. The van der Waals surface area contributed by atoms with Crippen LogP contribution in [0.15, 0.2) is 84.0 Å². The van der Waals surface area contributed by atoms with E-state index in [0.29, 0.717) is 29.2 Å². The van der Waals surface area contributed by atoms with Gasteiger partial charge in [0.1, 0.15) is 11.6 Å². The van der Waals surface area contributed by atoms with Crippen molar-refractivity contribution in [1.29, 1.82) is 0 Å². The van der Waals surface area contributed by atoms with E-state index in [1.54, 1.807) is 55.7 Å². The first-order chi connectivity index (χ1) is 18.9. The Balaban J connectivity index is 1.06. The highest BCUT2D eigenvalue weighted by Gasteiger charge is 2.41. The van der Waals surface area contributed by atoms with Crippen LogP contribution in [0.3, 0.4) is 0 Å². The van der Waals surface area contributed by atoms with Gasteiger partial charge < -0.3 is 10.6 Å². The molecule has 1 saturated heterocycles. The minimum absolute atomic E-state index is 0.0522. The Kier molecular flexibility index (Phi) is 6.71. The maximum atomic E-state index is 13.4. The van der Waals surface area contributed by atoms with Crippen LogP contribution < -0.4 is 10.6 Å². The molecule has 1 unspecified atom stereocenters. The summed E-state index contributed by atoms with van der Waals surface area (Å²) in [7, 11) is -1.97. The van der Waals surface area contributed by atoms with E-state index in [-0.39, 0.29) is 16.8 Å². The fourth-order valence-corrected chi connectivity index (χ4v) is 6.47. The molecule has 0 spiro atoms. The second kappa shape index (κ2) is 10.3. The average Bonchev–Trinajstić information content (AvgIpc) is 3.69. The van der Waals surface area contributed by atoms with E-state index in [1.165, 1.54) is 22.0 Å². The molecule has 4 aromatic rings. The van der Waals surface area contributed by atoms with Crippen molar-refractivity contribution in [1.82, 2.24) is 24.2 Å². The Morgan fingerprint density at radius 3 is 2.28 bits per heavy atom. The lowest BCUT2D eigenvalue weighted by Crippen LogP contribution is -2.45. The van der Waals surface area contributed by atoms with E-state index in [0.717, 1.165) is 31.6 Å². The summed E-state index contributed by atoms with van der Waals surface area (Å²) in [6.45, 7) is 1.67. The number of nitrogens with one attached hydrogen (secondary N) is 2. The lowest BCUT2D eigenvalue weighted by Gasteiger charge is -2.36. The van der Waals surface area contributed by atoms with E-state index >= 15 is 0 Å². The fraction of sp³-hybridized carbons (Fsp3) is 0.250. The van der Waals surface area contributed by atoms with Gasteiger partial charge in [0, 0.05) is 49.9 Å². The molecule has 2 aromatic heterocycles. The first-order valence-electron chi connectivity index (χ1n) is 12.8. The van der Waals surface area contributed by atoms with Crippen molar-refractivity contribution in [3.8, 4) is 0 Å². The number of anilines is 4. The molecule has 0 bridgehead atoms. The van der Waals surface area contributed by atoms with Gasteiger partial charge in [-0.25, -0.2) is 17.8 Å². The zero-order chi connectivity index (χ0) is 27.0. The number of aromatic nitrogens is 3.